The van der Waals surface area contributed by atoms with Gasteiger partial charge in [-0.2, -0.15) is 13.2 Å². The van der Waals surface area contributed by atoms with E-state index in [9.17, 15) is 13.2 Å². The molecule has 0 aromatic heterocycles. The van der Waals surface area contributed by atoms with Gasteiger partial charge >= 0.3 is 6.18 Å². The van der Waals surface area contributed by atoms with E-state index in [0.29, 0.717) is 32.3 Å². The number of ether oxygens (including phenoxy) is 1. The number of hydrogen-bond acceptors (Lipinski definition) is 2. The Bertz CT molecular complexity index is 798. The zero-order valence-electron chi connectivity index (χ0n) is 16.4. The molecule has 0 radical (unpaired) electrons. The molecule has 0 unspecified atom stereocenters. The van der Waals surface area contributed by atoms with Crippen molar-refractivity contribution in [2.24, 2.45) is 4.99 Å². The van der Waals surface area contributed by atoms with Gasteiger partial charge in [-0.05, 0) is 36.1 Å². The van der Waals surface area contributed by atoms with Crippen LogP contribution in [-0.4, -0.2) is 32.8 Å². The second-order valence-corrected chi connectivity index (χ2v) is 7.23. The van der Waals surface area contributed by atoms with Crippen LogP contribution in [-0.2, 0) is 22.9 Å². The highest BCUT2D eigenvalue weighted by atomic mass is 19.4. The summed E-state index contributed by atoms with van der Waals surface area (Å²) in [7, 11) is 1.68. The predicted octanol–water partition coefficient (Wildman–Crippen LogP) is 4.12. The first-order valence-corrected chi connectivity index (χ1v) is 9.67. The van der Waals surface area contributed by atoms with Gasteiger partial charge < -0.3 is 15.4 Å². The van der Waals surface area contributed by atoms with Gasteiger partial charge in [-0.15, -0.1) is 0 Å². The van der Waals surface area contributed by atoms with E-state index >= 15 is 0 Å². The zero-order valence-corrected chi connectivity index (χ0v) is 16.4. The molecule has 1 aliphatic heterocycles. The summed E-state index contributed by atoms with van der Waals surface area (Å²) in [5.41, 5.74) is 1.35. The first kappa shape index (κ1) is 21.2. The van der Waals surface area contributed by atoms with E-state index in [0.717, 1.165) is 30.5 Å². The topological polar surface area (TPSA) is 45.7 Å². The van der Waals surface area contributed by atoms with Crippen LogP contribution in [0.2, 0.25) is 0 Å². The lowest BCUT2D eigenvalue weighted by molar-refractivity contribution is -0.137. The zero-order chi connectivity index (χ0) is 20.7. The highest BCUT2D eigenvalue weighted by molar-refractivity contribution is 5.79. The van der Waals surface area contributed by atoms with Crippen molar-refractivity contribution < 1.29 is 17.9 Å². The molecule has 0 amide bonds. The largest absolute Gasteiger partial charge is 0.416 e. The minimum absolute atomic E-state index is 0.0362. The van der Waals surface area contributed by atoms with Crippen LogP contribution in [0, 0.1) is 0 Å². The van der Waals surface area contributed by atoms with Gasteiger partial charge in [-0.25, -0.2) is 0 Å². The molecule has 7 heteroatoms. The third-order valence-corrected chi connectivity index (χ3v) is 5.40. The van der Waals surface area contributed by atoms with Crippen LogP contribution in [0.25, 0.3) is 0 Å². The molecule has 2 aromatic rings. The third-order valence-electron chi connectivity index (χ3n) is 5.40. The number of alkyl halides is 3. The minimum atomic E-state index is -4.32. The molecule has 2 N–H and O–H groups in total. The molecule has 4 nitrogen and oxygen atoms in total. The van der Waals surface area contributed by atoms with Gasteiger partial charge in [-0.1, -0.05) is 42.5 Å². The molecule has 0 spiro atoms. The summed E-state index contributed by atoms with van der Waals surface area (Å²) < 4.78 is 43.6. The molecule has 0 aliphatic carbocycles. The Morgan fingerprint density at radius 2 is 1.66 bits per heavy atom. The molecule has 1 aliphatic rings. The Morgan fingerprint density at radius 3 is 2.24 bits per heavy atom. The Morgan fingerprint density at radius 1 is 1.00 bits per heavy atom. The van der Waals surface area contributed by atoms with Crippen molar-refractivity contribution in [3.05, 3.63) is 71.3 Å². The van der Waals surface area contributed by atoms with Crippen LogP contribution in [0.15, 0.2) is 59.6 Å². The fourth-order valence-electron chi connectivity index (χ4n) is 3.59. The van der Waals surface area contributed by atoms with Crippen molar-refractivity contribution in [2.45, 2.75) is 31.0 Å². The minimum Gasteiger partial charge on any atom is -0.381 e. The van der Waals surface area contributed by atoms with Crippen molar-refractivity contribution in [3.8, 4) is 0 Å². The van der Waals surface area contributed by atoms with Crippen LogP contribution in [0.3, 0.4) is 0 Å². The fraction of sp³-hybridized carbons (Fsp3) is 0.409. The molecular weight excluding hydrogens is 379 g/mol. The van der Waals surface area contributed by atoms with Crippen LogP contribution in [0.1, 0.15) is 29.5 Å². The summed E-state index contributed by atoms with van der Waals surface area (Å²) in [6, 6.07) is 15.5. The first-order chi connectivity index (χ1) is 13.9. The standard InChI is InChI=1S/C22H26F3N3O/c1-26-20(27-15-17-7-9-19(10-8-17)22(23,24)25)28-16-21(11-13-29-14-12-21)18-5-3-2-4-6-18/h2-10H,11-16H2,1H3,(H2,26,27,28). The van der Waals surface area contributed by atoms with Gasteiger partial charge in [0.1, 0.15) is 0 Å². The summed E-state index contributed by atoms with van der Waals surface area (Å²) in [5, 5.41) is 6.57. The second-order valence-electron chi connectivity index (χ2n) is 7.23. The molecule has 1 fully saturated rings. The summed E-state index contributed by atoms with van der Waals surface area (Å²) in [6.07, 6.45) is -2.49. The van der Waals surface area contributed by atoms with Gasteiger partial charge in [0.25, 0.3) is 0 Å². The normalized spacial score (nSPS) is 17.0. The molecule has 2 aromatic carbocycles. The summed E-state index contributed by atoms with van der Waals surface area (Å²) in [6.45, 7) is 2.52. The lowest BCUT2D eigenvalue weighted by Crippen LogP contribution is -2.47. The van der Waals surface area contributed by atoms with E-state index in [1.165, 1.54) is 17.7 Å². The number of guanidine groups is 1. The van der Waals surface area contributed by atoms with E-state index < -0.39 is 11.7 Å². The first-order valence-electron chi connectivity index (χ1n) is 9.67. The van der Waals surface area contributed by atoms with E-state index in [-0.39, 0.29) is 5.41 Å². The maximum atomic E-state index is 12.7. The second kappa shape index (κ2) is 9.31. The van der Waals surface area contributed by atoms with Gasteiger partial charge in [0.05, 0.1) is 5.56 Å². The summed E-state index contributed by atoms with van der Waals surface area (Å²) in [5.74, 6) is 0.617. The number of benzene rings is 2. The Hall–Kier alpha value is -2.54. The molecule has 1 heterocycles. The molecule has 1 saturated heterocycles. The molecule has 0 atom stereocenters. The monoisotopic (exact) mass is 405 g/mol. The van der Waals surface area contributed by atoms with E-state index in [1.807, 2.05) is 18.2 Å². The highest BCUT2D eigenvalue weighted by Crippen LogP contribution is 2.34. The maximum absolute atomic E-state index is 12.7. The van der Waals surface area contributed by atoms with Crippen molar-refractivity contribution in [1.29, 1.82) is 0 Å². The lowest BCUT2D eigenvalue weighted by atomic mass is 9.74. The molecule has 3 rings (SSSR count). The van der Waals surface area contributed by atoms with Crippen LogP contribution >= 0.6 is 0 Å². The maximum Gasteiger partial charge on any atom is 0.416 e. The predicted molar refractivity (Wildman–Crippen MR) is 108 cm³/mol. The number of hydrogen-bond donors (Lipinski definition) is 2. The Labute approximate surface area is 169 Å². The van der Waals surface area contributed by atoms with Crippen molar-refractivity contribution in [1.82, 2.24) is 10.6 Å². The number of nitrogens with zero attached hydrogens (tertiary/aromatic N) is 1. The summed E-state index contributed by atoms with van der Waals surface area (Å²) >= 11 is 0. The number of aliphatic imine (C=N–C) groups is 1. The number of rotatable bonds is 5. The van der Waals surface area contributed by atoms with Crippen LogP contribution < -0.4 is 10.6 Å². The van der Waals surface area contributed by atoms with E-state index in [4.69, 9.17) is 4.74 Å². The lowest BCUT2D eigenvalue weighted by Gasteiger charge is -2.38. The van der Waals surface area contributed by atoms with Gasteiger partial charge in [0, 0.05) is 38.8 Å². The third kappa shape index (κ3) is 5.50. The fourth-order valence-corrected chi connectivity index (χ4v) is 3.59. The average molecular weight is 405 g/mol. The van der Waals surface area contributed by atoms with Crippen LogP contribution in [0.5, 0.6) is 0 Å². The summed E-state index contributed by atoms with van der Waals surface area (Å²) in [4.78, 5) is 4.25. The van der Waals surface area contributed by atoms with Gasteiger partial charge in [0.15, 0.2) is 5.96 Å². The Kier molecular flexibility index (Phi) is 6.79. The van der Waals surface area contributed by atoms with E-state index in [2.05, 4.69) is 27.8 Å². The van der Waals surface area contributed by atoms with Crippen molar-refractivity contribution >= 4 is 5.96 Å². The molecule has 0 bridgehead atoms. The Balaban J connectivity index is 1.60. The van der Waals surface area contributed by atoms with E-state index in [1.54, 1.807) is 7.05 Å². The SMILES string of the molecule is CN=C(NCc1ccc(C(F)(F)F)cc1)NCC1(c2ccccc2)CCOCC1. The molecule has 0 saturated carbocycles. The quantitative estimate of drug-likeness (QED) is 0.581. The number of nitrogens with one attached hydrogen (secondary N) is 2. The molecular formula is C22H26F3N3O. The smallest absolute Gasteiger partial charge is 0.381 e. The van der Waals surface area contributed by atoms with Gasteiger partial charge in [-0.3, -0.25) is 4.99 Å². The van der Waals surface area contributed by atoms with Crippen molar-refractivity contribution in [3.63, 3.8) is 0 Å². The average Bonchev–Trinajstić information content (AvgIpc) is 2.75. The van der Waals surface area contributed by atoms with Crippen molar-refractivity contribution in [2.75, 3.05) is 26.8 Å². The number of halogens is 3. The van der Waals surface area contributed by atoms with Crippen LogP contribution in [0.4, 0.5) is 13.2 Å². The molecule has 156 valence electrons. The molecule has 29 heavy (non-hydrogen) atoms. The van der Waals surface area contributed by atoms with Gasteiger partial charge in [0.2, 0.25) is 0 Å². The highest BCUT2D eigenvalue weighted by Gasteiger charge is 2.34.